The zero-order valence-corrected chi connectivity index (χ0v) is 21.2. The van der Waals surface area contributed by atoms with Crippen molar-refractivity contribution in [1.29, 1.82) is 0 Å². The second-order valence-electron chi connectivity index (χ2n) is 9.66. The molecule has 13 nitrogen and oxygen atoms in total. The van der Waals surface area contributed by atoms with Crippen molar-refractivity contribution in [3.63, 3.8) is 0 Å². The van der Waals surface area contributed by atoms with Gasteiger partial charge in [0.1, 0.15) is 17.5 Å². The Morgan fingerprint density at radius 1 is 1.31 bits per heavy atom. The zero-order chi connectivity index (χ0) is 26.0. The van der Waals surface area contributed by atoms with Crippen LogP contribution in [0.5, 0.6) is 5.88 Å². The summed E-state index contributed by atoms with van der Waals surface area (Å²) in [5, 5.41) is 10.3. The van der Waals surface area contributed by atoms with E-state index in [2.05, 4.69) is 30.7 Å². The number of nitrogens with one attached hydrogen (secondary N) is 2. The van der Waals surface area contributed by atoms with E-state index in [-0.39, 0.29) is 13.1 Å². The second-order valence-corrected chi connectivity index (χ2v) is 9.66. The number of alkyl halides is 1. The minimum absolute atomic E-state index is 0.0175. The summed E-state index contributed by atoms with van der Waals surface area (Å²) >= 11 is 0. The Morgan fingerprint density at radius 2 is 2.08 bits per heavy atom. The molecule has 14 heteroatoms. The van der Waals surface area contributed by atoms with Crippen molar-refractivity contribution in [1.82, 2.24) is 34.6 Å². The average Bonchev–Trinajstić information content (AvgIpc) is 3.48. The number of imidazole rings is 1. The van der Waals surface area contributed by atoms with Crippen LogP contribution in [0.25, 0.3) is 11.2 Å². The molecule has 4 rings (SSSR count). The molecule has 36 heavy (non-hydrogen) atoms. The predicted octanol–water partition coefficient (Wildman–Crippen LogP) is 1.71. The highest BCUT2D eigenvalue weighted by Crippen LogP contribution is 2.31. The van der Waals surface area contributed by atoms with E-state index in [1.165, 1.54) is 7.11 Å². The summed E-state index contributed by atoms with van der Waals surface area (Å²) in [7, 11) is 3.35. The first-order chi connectivity index (χ1) is 17.1. The molecule has 4 N–H and O–H groups in total. The summed E-state index contributed by atoms with van der Waals surface area (Å²) in [5.41, 5.74) is 6.64. The van der Waals surface area contributed by atoms with Gasteiger partial charge in [-0.1, -0.05) is 0 Å². The van der Waals surface area contributed by atoms with Crippen molar-refractivity contribution in [3.05, 3.63) is 12.5 Å². The van der Waals surface area contributed by atoms with Crippen LogP contribution in [0.3, 0.4) is 0 Å². The maximum Gasteiger partial charge on any atom is 0.408 e. The molecular formula is C22H33FN10O3. The number of nitrogens with two attached hydrogens (primary N) is 1. The Bertz CT molecular complexity index is 1220. The molecule has 0 spiro atoms. The van der Waals surface area contributed by atoms with Gasteiger partial charge >= 0.3 is 6.09 Å². The smallest absolute Gasteiger partial charge is 0.408 e. The van der Waals surface area contributed by atoms with Crippen LogP contribution in [0.1, 0.15) is 27.2 Å². The molecule has 1 saturated heterocycles. The van der Waals surface area contributed by atoms with Gasteiger partial charge in [0.05, 0.1) is 32.2 Å². The lowest BCUT2D eigenvalue weighted by Crippen LogP contribution is -2.44. The largest absolute Gasteiger partial charge is 0.478 e. The Hall–Kier alpha value is -3.68. The molecule has 0 bridgehead atoms. The summed E-state index contributed by atoms with van der Waals surface area (Å²) in [4.78, 5) is 27.5. The number of alkyl carbamates (subject to hydrolysis) is 1. The molecule has 4 heterocycles. The molecule has 2 atom stereocenters. The minimum Gasteiger partial charge on any atom is -0.478 e. The van der Waals surface area contributed by atoms with E-state index in [0.717, 1.165) is 6.42 Å². The number of ether oxygens (including phenoxy) is 2. The SMILES string of the molecule is COc1nn(CCCN)cc1Nc1nc(N2C[C@@H](F)[C@H](NC(=O)OC(C)(C)C)C2)nc2c1ncn2C. The summed E-state index contributed by atoms with van der Waals surface area (Å²) in [6.45, 7) is 6.64. The lowest BCUT2D eigenvalue weighted by atomic mass is 10.2. The van der Waals surface area contributed by atoms with E-state index >= 15 is 0 Å². The topological polar surface area (TPSA) is 150 Å². The summed E-state index contributed by atoms with van der Waals surface area (Å²) in [6.07, 6.45) is 2.22. The number of halogens is 1. The Labute approximate surface area is 208 Å². The van der Waals surface area contributed by atoms with Crippen molar-refractivity contribution < 1.29 is 18.7 Å². The first-order valence-electron chi connectivity index (χ1n) is 11.7. The first-order valence-corrected chi connectivity index (χ1v) is 11.7. The predicted molar refractivity (Wildman–Crippen MR) is 132 cm³/mol. The van der Waals surface area contributed by atoms with E-state index in [0.29, 0.717) is 47.6 Å². The normalized spacial score (nSPS) is 18.0. The number of aromatic nitrogens is 6. The third-order valence-corrected chi connectivity index (χ3v) is 5.55. The van der Waals surface area contributed by atoms with Crippen LogP contribution in [0.2, 0.25) is 0 Å². The maximum atomic E-state index is 14.9. The van der Waals surface area contributed by atoms with E-state index in [9.17, 15) is 9.18 Å². The molecular weight excluding hydrogens is 471 g/mol. The van der Waals surface area contributed by atoms with Crippen LogP contribution in [-0.4, -0.2) is 80.0 Å². The Morgan fingerprint density at radius 3 is 2.78 bits per heavy atom. The van der Waals surface area contributed by atoms with Crippen molar-refractivity contribution in [2.45, 2.75) is 51.6 Å². The number of carbonyl (C=O) groups excluding carboxylic acids is 1. The van der Waals surface area contributed by atoms with E-state index in [4.69, 9.17) is 15.2 Å². The van der Waals surface area contributed by atoms with Gasteiger partial charge in [0.2, 0.25) is 5.95 Å². The van der Waals surface area contributed by atoms with Crippen molar-refractivity contribution in [3.8, 4) is 5.88 Å². The lowest BCUT2D eigenvalue weighted by molar-refractivity contribution is 0.0490. The van der Waals surface area contributed by atoms with Crippen LogP contribution in [0, 0.1) is 0 Å². The lowest BCUT2D eigenvalue weighted by Gasteiger charge is -2.22. The van der Waals surface area contributed by atoms with Gasteiger partial charge in [-0.25, -0.2) is 14.2 Å². The number of aryl methyl sites for hydroxylation is 2. The quantitative estimate of drug-likeness (QED) is 0.414. The number of rotatable bonds is 8. The highest BCUT2D eigenvalue weighted by molar-refractivity contribution is 5.87. The monoisotopic (exact) mass is 504 g/mol. The summed E-state index contributed by atoms with van der Waals surface area (Å²) < 4.78 is 29.1. The zero-order valence-electron chi connectivity index (χ0n) is 21.2. The van der Waals surface area contributed by atoms with Crippen LogP contribution < -0.4 is 26.0 Å². The molecule has 1 fully saturated rings. The van der Waals surface area contributed by atoms with Crippen molar-refractivity contribution in [2.75, 3.05) is 37.0 Å². The molecule has 3 aromatic heterocycles. The number of fused-ring (bicyclic) bond motifs is 1. The van der Waals surface area contributed by atoms with E-state index in [1.807, 2.05) is 7.05 Å². The maximum absolute atomic E-state index is 14.9. The van der Waals surface area contributed by atoms with E-state index < -0.39 is 23.9 Å². The molecule has 0 radical (unpaired) electrons. The van der Waals surface area contributed by atoms with Gasteiger partial charge < -0.3 is 35.3 Å². The summed E-state index contributed by atoms with van der Waals surface area (Å²) in [5.74, 6) is 1.12. The number of methoxy groups -OCH3 is 1. The highest BCUT2D eigenvalue weighted by atomic mass is 19.1. The van der Waals surface area contributed by atoms with Crippen LogP contribution >= 0.6 is 0 Å². The van der Waals surface area contributed by atoms with Gasteiger partial charge in [-0.15, -0.1) is 5.10 Å². The van der Waals surface area contributed by atoms with Gasteiger partial charge in [0.25, 0.3) is 5.88 Å². The third kappa shape index (κ3) is 5.58. The van der Waals surface area contributed by atoms with Gasteiger partial charge in [-0.2, -0.15) is 9.97 Å². The van der Waals surface area contributed by atoms with Crippen LogP contribution in [-0.2, 0) is 18.3 Å². The van der Waals surface area contributed by atoms with Gasteiger partial charge in [-0.3, -0.25) is 4.68 Å². The number of anilines is 3. The summed E-state index contributed by atoms with van der Waals surface area (Å²) in [6, 6.07) is -0.761. The van der Waals surface area contributed by atoms with Gasteiger partial charge in [-0.05, 0) is 33.7 Å². The third-order valence-electron chi connectivity index (χ3n) is 5.55. The fourth-order valence-electron chi connectivity index (χ4n) is 3.88. The van der Waals surface area contributed by atoms with E-state index in [1.54, 1.807) is 47.4 Å². The van der Waals surface area contributed by atoms with Gasteiger partial charge in [0.15, 0.2) is 17.0 Å². The molecule has 3 aromatic rings. The number of hydrogen-bond acceptors (Lipinski definition) is 10. The molecule has 0 aromatic carbocycles. The number of nitrogens with zero attached hydrogens (tertiary/aromatic N) is 7. The Balaban J connectivity index is 1.59. The highest BCUT2D eigenvalue weighted by Gasteiger charge is 2.36. The molecule has 1 aliphatic rings. The first kappa shape index (κ1) is 25.4. The molecule has 0 unspecified atom stereocenters. The average molecular weight is 505 g/mol. The molecule has 1 aliphatic heterocycles. The number of hydrogen-bond donors (Lipinski definition) is 3. The molecule has 0 aliphatic carbocycles. The number of carbonyl (C=O) groups is 1. The van der Waals surface area contributed by atoms with Gasteiger partial charge in [0, 0.05) is 20.1 Å². The fraction of sp³-hybridized carbons (Fsp3) is 0.591. The second kappa shape index (κ2) is 10.1. The molecule has 1 amide bonds. The molecule has 196 valence electrons. The van der Waals surface area contributed by atoms with Crippen LogP contribution in [0.4, 0.5) is 26.6 Å². The standard InChI is InChI=1S/C22H33FN10O3/c1-22(2,3)36-21(34)27-14-10-32(9-13(14)23)20-28-17(16-18(29-20)31(4)12-25-16)26-15-11-33(8-6-7-24)30-19(15)35-5/h11-14H,6-10,24H2,1-5H3,(H,27,34)(H,26,28,29)/t13-,14-/m1/s1. The molecule has 0 saturated carbocycles. The minimum atomic E-state index is -1.32. The fourth-order valence-corrected chi connectivity index (χ4v) is 3.88. The Kier molecular flexibility index (Phi) is 7.15. The van der Waals surface area contributed by atoms with Crippen molar-refractivity contribution >= 4 is 34.7 Å². The van der Waals surface area contributed by atoms with Crippen LogP contribution in [0.15, 0.2) is 12.5 Å². The van der Waals surface area contributed by atoms with Crippen molar-refractivity contribution in [2.24, 2.45) is 12.8 Å². The number of amides is 1.